The van der Waals surface area contributed by atoms with E-state index in [1.54, 1.807) is 11.8 Å². The average molecular weight is 117 g/mol. The Kier molecular flexibility index (Phi) is 4.20. The molecule has 0 amide bonds. The van der Waals surface area contributed by atoms with Gasteiger partial charge in [-0.3, -0.25) is 4.99 Å². The molecule has 0 unspecified atom stereocenters. The second kappa shape index (κ2) is 4.19. The van der Waals surface area contributed by atoms with Gasteiger partial charge in [0.2, 0.25) is 0 Å². The third kappa shape index (κ3) is 6.02. The number of rotatable bonds is 2. The van der Waals surface area contributed by atoms with Crippen LogP contribution in [0, 0.1) is 0 Å². The maximum atomic E-state index is 4.08. The fraction of sp³-hybridized carbons (Fsp3) is 0.800. The number of hydrogen-bond donors (Lipinski definition) is 0. The van der Waals surface area contributed by atoms with Gasteiger partial charge in [-0.1, -0.05) is 0 Å². The van der Waals surface area contributed by atoms with Crippen molar-refractivity contribution in [2.24, 2.45) is 4.99 Å². The molecule has 0 fully saturated rings. The lowest BCUT2D eigenvalue weighted by molar-refractivity contribution is 0.843. The Bertz CT molecular complexity index is 59.1. The topological polar surface area (TPSA) is 12.4 Å². The Morgan fingerprint density at radius 2 is 2.14 bits per heavy atom. The second-order valence-electron chi connectivity index (χ2n) is 1.58. The minimum absolute atomic E-state index is 0.451. The minimum atomic E-state index is 0.451. The third-order valence-electron chi connectivity index (χ3n) is 0.464. The zero-order valence-electron chi connectivity index (χ0n) is 5.01. The van der Waals surface area contributed by atoms with Crippen molar-refractivity contribution in [3.63, 3.8) is 0 Å². The molecule has 0 aromatic rings. The van der Waals surface area contributed by atoms with Gasteiger partial charge in [-0.2, -0.15) is 0 Å². The van der Waals surface area contributed by atoms with Gasteiger partial charge in [0.1, 0.15) is 0 Å². The summed E-state index contributed by atoms with van der Waals surface area (Å²) >= 11 is 1.64. The van der Waals surface area contributed by atoms with Crippen LogP contribution < -0.4 is 0 Å². The largest absolute Gasteiger partial charge is 0.284 e. The van der Waals surface area contributed by atoms with Gasteiger partial charge in [0.05, 0.1) is 5.55 Å². The lowest BCUT2D eigenvalue weighted by Gasteiger charge is -1.89. The highest BCUT2D eigenvalue weighted by molar-refractivity contribution is 8.11. The van der Waals surface area contributed by atoms with Gasteiger partial charge in [0.15, 0.2) is 0 Å². The lowest BCUT2D eigenvalue weighted by Crippen LogP contribution is -1.85. The highest BCUT2D eigenvalue weighted by atomic mass is 32.2. The molecule has 7 heavy (non-hydrogen) atoms. The number of aliphatic imine (C=N–C) groups is 1. The molecular formula is C5H11NS. The molecule has 0 saturated carbocycles. The Morgan fingerprint density at radius 1 is 1.57 bits per heavy atom. The predicted octanol–water partition coefficient (Wildman–Crippen LogP) is 1.79. The van der Waals surface area contributed by atoms with Crippen molar-refractivity contribution < 1.29 is 0 Å². The van der Waals surface area contributed by atoms with Crippen molar-refractivity contribution in [3.05, 3.63) is 0 Å². The molecule has 0 aromatic heterocycles. The first kappa shape index (κ1) is 7.02. The van der Waals surface area contributed by atoms with E-state index in [1.165, 1.54) is 0 Å². The van der Waals surface area contributed by atoms with E-state index in [0.717, 1.165) is 0 Å². The Labute approximate surface area is 49.2 Å². The molecule has 0 heterocycles. The molecule has 0 spiro atoms. The van der Waals surface area contributed by atoms with Crippen molar-refractivity contribution in [1.29, 1.82) is 0 Å². The van der Waals surface area contributed by atoms with E-state index in [0.29, 0.717) is 6.04 Å². The van der Waals surface area contributed by atoms with Crippen LogP contribution in [0.1, 0.15) is 13.8 Å². The summed E-state index contributed by atoms with van der Waals surface area (Å²) < 4.78 is 0. The van der Waals surface area contributed by atoms with Gasteiger partial charge in [0.25, 0.3) is 0 Å². The van der Waals surface area contributed by atoms with Gasteiger partial charge in [-0.25, -0.2) is 0 Å². The van der Waals surface area contributed by atoms with E-state index >= 15 is 0 Å². The zero-order valence-corrected chi connectivity index (χ0v) is 5.83. The highest BCUT2D eigenvalue weighted by Gasteiger charge is 1.79. The van der Waals surface area contributed by atoms with E-state index < -0.39 is 0 Å². The molecule has 0 aliphatic rings. The molecule has 0 radical (unpaired) electrons. The Balaban J connectivity index is 3.08. The van der Waals surface area contributed by atoms with Crippen LogP contribution in [0.25, 0.3) is 0 Å². The molecule has 1 nitrogen and oxygen atoms in total. The van der Waals surface area contributed by atoms with Gasteiger partial charge in [-0.15, -0.1) is 11.8 Å². The van der Waals surface area contributed by atoms with E-state index in [-0.39, 0.29) is 0 Å². The predicted molar refractivity (Wildman–Crippen MR) is 37.1 cm³/mol. The van der Waals surface area contributed by atoms with Gasteiger partial charge < -0.3 is 0 Å². The SMILES string of the molecule is CS/C=N\C(C)C. The third-order valence-corrected chi connectivity index (χ3v) is 0.797. The number of nitrogens with zero attached hydrogens (tertiary/aromatic N) is 1. The van der Waals surface area contributed by atoms with Crippen molar-refractivity contribution in [2.75, 3.05) is 6.26 Å². The zero-order chi connectivity index (χ0) is 5.70. The number of thioether (sulfide) groups is 1. The summed E-state index contributed by atoms with van der Waals surface area (Å²) in [4.78, 5) is 4.08. The van der Waals surface area contributed by atoms with Crippen LogP contribution in [0.2, 0.25) is 0 Å². The fourth-order valence-corrected chi connectivity index (χ4v) is 0.548. The van der Waals surface area contributed by atoms with Crippen molar-refractivity contribution in [2.45, 2.75) is 19.9 Å². The molecule has 0 aliphatic carbocycles. The molecule has 0 bridgehead atoms. The van der Waals surface area contributed by atoms with Crippen molar-refractivity contribution >= 4 is 17.3 Å². The summed E-state index contributed by atoms with van der Waals surface area (Å²) in [5, 5.41) is 0. The summed E-state index contributed by atoms with van der Waals surface area (Å²) in [5.41, 5.74) is 1.87. The first-order chi connectivity index (χ1) is 3.27. The monoisotopic (exact) mass is 117 g/mol. The first-order valence-electron chi connectivity index (χ1n) is 2.32. The van der Waals surface area contributed by atoms with Crippen molar-refractivity contribution in [1.82, 2.24) is 0 Å². The highest BCUT2D eigenvalue weighted by Crippen LogP contribution is 1.88. The van der Waals surface area contributed by atoms with Crippen LogP contribution in [-0.4, -0.2) is 17.8 Å². The van der Waals surface area contributed by atoms with Crippen LogP contribution in [0.5, 0.6) is 0 Å². The van der Waals surface area contributed by atoms with E-state index in [9.17, 15) is 0 Å². The summed E-state index contributed by atoms with van der Waals surface area (Å²) in [6, 6.07) is 0.451. The molecule has 42 valence electrons. The number of hydrogen-bond acceptors (Lipinski definition) is 2. The average Bonchev–Trinajstić information content (AvgIpc) is 1.61. The van der Waals surface area contributed by atoms with Crippen LogP contribution in [-0.2, 0) is 0 Å². The molecule has 0 aliphatic heterocycles. The van der Waals surface area contributed by atoms with Crippen LogP contribution >= 0.6 is 11.8 Å². The van der Waals surface area contributed by atoms with E-state index in [2.05, 4.69) is 18.8 Å². The maximum absolute atomic E-state index is 4.08. The maximum Gasteiger partial charge on any atom is 0.0541 e. The minimum Gasteiger partial charge on any atom is -0.284 e. The summed E-state index contributed by atoms with van der Waals surface area (Å²) in [6.45, 7) is 4.12. The standard InChI is InChI=1S/C5H11NS/c1-5(2)6-4-7-3/h4-5H,1-3H3/b6-4-. The molecule has 2 heteroatoms. The summed E-state index contributed by atoms with van der Waals surface area (Å²) in [5.74, 6) is 0. The summed E-state index contributed by atoms with van der Waals surface area (Å²) in [6.07, 6.45) is 2.01. The fourth-order valence-electron chi connectivity index (χ4n) is 0.183. The summed E-state index contributed by atoms with van der Waals surface area (Å²) in [7, 11) is 0. The van der Waals surface area contributed by atoms with Crippen LogP contribution in [0.4, 0.5) is 0 Å². The molecule has 0 aromatic carbocycles. The van der Waals surface area contributed by atoms with Gasteiger partial charge in [0, 0.05) is 6.04 Å². The molecular weight excluding hydrogens is 106 g/mol. The Hall–Kier alpha value is 0.0200. The van der Waals surface area contributed by atoms with Gasteiger partial charge >= 0.3 is 0 Å². The van der Waals surface area contributed by atoms with Crippen LogP contribution in [0.3, 0.4) is 0 Å². The second-order valence-corrected chi connectivity index (χ2v) is 2.27. The lowest BCUT2D eigenvalue weighted by atomic mass is 10.4. The Morgan fingerprint density at radius 3 is 2.29 bits per heavy atom. The molecule has 0 rings (SSSR count). The molecule has 0 atom stereocenters. The van der Waals surface area contributed by atoms with E-state index in [4.69, 9.17) is 0 Å². The van der Waals surface area contributed by atoms with Crippen molar-refractivity contribution in [3.8, 4) is 0 Å². The molecule has 0 saturated heterocycles. The van der Waals surface area contributed by atoms with Gasteiger partial charge in [-0.05, 0) is 20.1 Å². The van der Waals surface area contributed by atoms with Crippen LogP contribution in [0.15, 0.2) is 4.99 Å². The molecule has 0 N–H and O–H groups in total. The quantitative estimate of drug-likeness (QED) is 0.397. The normalized spacial score (nSPS) is 11.4. The smallest absolute Gasteiger partial charge is 0.0541 e. The van der Waals surface area contributed by atoms with E-state index in [1.807, 2.05) is 11.8 Å². The first-order valence-corrected chi connectivity index (χ1v) is 3.60.